The van der Waals surface area contributed by atoms with Crippen LogP contribution in [0.1, 0.15) is 46.8 Å². The van der Waals surface area contributed by atoms with Gasteiger partial charge in [0.15, 0.2) is 0 Å². The number of rotatable bonds is 3. The smallest absolute Gasteiger partial charge is 0.340 e. The van der Waals surface area contributed by atoms with Crippen molar-refractivity contribution in [1.82, 2.24) is 10.3 Å². The molecular formula is C27H24N2O4. The molecule has 1 aliphatic carbocycles. The van der Waals surface area contributed by atoms with Gasteiger partial charge in [-0.15, -0.1) is 0 Å². The van der Waals surface area contributed by atoms with Crippen LogP contribution < -0.4 is 10.9 Å². The normalized spacial score (nSPS) is 15.9. The quantitative estimate of drug-likeness (QED) is 0.369. The summed E-state index contributed by atoms with van der Waals surface area (Å²) >= 11 is 0. The second-order valence-electron chi connectivity index (χ2n) is 9.01. The first-order valence-electron chi connectivity index (χ1n) is 11.3. The fourth-order valence-corrected chi connectivity index (χ4v) is 5.21. The Bertz CT molecular complexity index is 1620. The third kappa shape index (κ3) is 3.17. The molecule has 0 saturated carbocycles. The molecule has 0 aliphatic heterocycles. The summed E-state index contributed by atoms with van der Waals surface area (Å²) in [6.07, 6.45) is 4.55. The predicted octanol–water partition coefficient (Wildman–Crippen LogP) is 5.37. The summed E-state index contributed by atoms with van der Waals surface area (Å²) in [5, 5.41) is 6.18. The Balaban J connectivity index is 1.32. The van der Waals surface area contributed by atoms with Gasteiger partial charge in [-0.3, -0.25) is 4.79 Å². The highest BCUT2D eigenvalue weighted by Gasteiger charge is 2.26. The van der Waals surface area contributed by atoms with E-state index in [4.69, 9.17) is 8.83 Å². The summed E-state index contributed by atoms with van der Waals surface area (Å²) in [5.41, 5.74) is 6.31. The van der Waals surface area contributed by atoms with Crippen LogP contribution in [0.5, 0.6) is 0 Å². The lowest BCUT2D eigenvalue weighted by Gasteiger charge is -2.24. The molecule has 33 heavy (non-hydrogen) atoms. The standard InChI is InChI=1S/C27H24N2O4/c1-14-13-32-23-12-24-19(10-18(14)23)15(2)20(27(31)33-24)11-25(30)28-22-9-5-7-17-16-6-3-4-8-21(16)29-26(17)22/h3-4,6,8,10,12-13,22,29H,5,7,9,11H2,1-2H3,(H,28,30)/t22-/m1/s1. The molecule has 2 aromatic carbocycles. The van der Waals surface area contributed by atoms with Crippen LogP contribution >= 0.6 is 0 Å². The fraction of sp³-hybridized carbons (Fsp3) is 0.259. The van der Waals surface area contributed by atoms with E-state index in [1.165, 1.54) is 10.9 Å². The minimum absolute atomic E-state index is 0.0153. The molecule has 6 rings (SSSR count). The monoisotopic (exact) mass is 440 g/mol. The Kier molecular flexibility index (Phi) is 4.43. The number of furan rings is 1. The van der Waals surface area contributed by atoms with E-state index >= 15 is 0 Å². The number of benzene rings is 2. The molecule has 1 aliphatic rings. The lowest BCUT2D eigenvalue weighted by Crippen LogP contribution is -2.33. The van der Waals surface area contributed by atoms with Crippen molar-refractivity contribution in [3.05, 3.63) is 81.0 Å². The zero-order chi connectivity index (χ0) is 22.7. The number of amides is 1. The maximum Gasteiger partial charge on any atom is 0.340 e. The Labute approximate surface area is 189 Å². The molecule has 0 spiro atoms. The highest BCUT2D eigenvalue weighted by molar-refractivity contribution is 5.96. The molecule has 6 nitrogen and oxygen atoms in total. The van der Waals surface area contributed by atoms with Gasteiger partial charge in [0.05, 0.1) is 24.3 Å². The molecule has 0 radical (unpaired) electrons. The summed E-state index contributed by atoms with van der Waals surface area (Å²) in [6.45, 7) is 3.85. The van der Waals surface area contributed by atoms with Crippen LogP contribution in [0.2, 0.25) is 0 Å². The molecule has 166 valence electrons. The van der Waals surface area contributed by atoms with Crippen LogP contribution in [0.25, 0.3) is 32.8 Å². The van der Waals surface area contributed by atoms with E-state index in [2.05, 4.69) is 22.4 Å². The number of carbonyl (C=O) groups is 1. The average molecular weight is 440 g/mol. The zero-order valence-electron chi connectivity index (χ0n) is 18.6. The topological polar surface area (TPSA) is 88.2 Å². The molecule has 0 fully saturated rings. The number of hydrogen-bond donors (Lipinski definition) is 2. The molecule has 1 atom stereocenters. The summed E-state index contributed by atoms with van der Waals surface area (Å²) in [6, 6.07) is 11.9. The first kappa shape index (κ1) is 19.9. The van der Waals surface area contributed by atoms with Crippen molar-refractivity contribution in [1.29, 1.82) is 0 Å². The van der Waals surface area contributed by atoms with Crippen molar-refractivity contribution in [3.63, 3.8) is 0 Å². The number of fused-ring (bicyclic) bond motifs is 5. The Morgan fingerprint density at radius 3 is 2.85 bits per heavy atom. The van der Waals surface area contributed by atoms with Crippen LogP contribution in [0, 0.1) is 13.8 Å². The van der Waals surface area contributed by atoms with Crippen molar-refractivity contribution >= 4 is 38.7 Å². The van der Waals surface area contributed by atoms with Gasteiger partial charge in [-0.25, -0.2) is 4.79 Å². The SMILES string of the molecule is Cc1coc2cc3oc(=O)c(CC(=O)N[C@@H]4CCCc5c4[nH]c4ccccc54)c(C)c3cc12. The lowest BCUT2D eigenvalue weighted by atomic mass is 9.91. The number of aromatic nitrogens is 1. The van der Waals surface area contributed by atoms with Crippen LogP contribution in [-0.2, 0) is 17.6 Å². The Morgan fingerprint density at radius 2 is 1.97 bits per heavy atom. The van der Waals surface area contributed by atoms with E-state index in [-0.39, 0.29) is 18.4 Å². The summed E-state index contributed by atoms with van der Waals surface area (Å²) in [7, 11) is 0. The highest BCUT2D eigenvalue weighted by atomic mass is 16.4. The molecule has 1 amide bonds. The molecule has 5 aromatic rings. The second kappa shape index (κ2) is 7.37. The number of aromatic amines is 1. The van der Waals surface area contributed by atoms with Gasteiger partial charge in [0.2, 0.25) is 5.91 Å². The van der Waals surface area contributed by atoms with E-state index < -0.39 is 5.63 Å². The minimum atomic E-state index is -0.479. The molecule has 0 unspecified atom stereocenters. The zero-order valence-corrected chi connectivity index (χ0v) is 18.6. The Morgan fingerprint density at radius 1 is 1.12 bits per heavy atom. The first-order valence-corrected chi connectivity index (χ1v) is 11.3. The minimum Gasteiger partial charge on any atom is -0.464 e. The van der Waals surface area contributed by atoms with Gasteiger partial charge in [-0.1, -0.05) is 18.2 Å². The molecule has 0 saturated heterocycles. The van der Waals surface area contributed by atoms with Gasteiger partial charge in [-0.2, -0.15) is 0 Å². The van der Waals surface area contributed by atoms with Gasteiger partial charge in [-0.05, 0) is 61.9 Å². The molecule has 6 heteroatoms. The van der Waals surface area contributed by atoms with Gasteiger partial charge in [0.25, 0.3) is 0 Å². The summed E-state index contributed by atoms with van der Waals surface area (Å²) in [5.74, 6) is -0.179. The van der Waals surface area contributed by atoms with E-state index in [0.29, 0.717) is 16.7 Å². The maximum atomic E-state index is 13.1. The number of hydrogen-bond acceptors (Lipinski definition) is 4. The number of para-hydroxylation sites is 1. The van der Waals surface area contributed by atoms with Crippen molar-refractivity contribution in [2.75, 3.05) is 0 Å². The number of carbonyl (C=O) groups excluding carboxylic acids is 1. The van der Waals surface area contributed by atoms with E-state index in [1.807, 2.05) is 32.0 Å². The second-order valence-corrected chi connectivity index (χ2v) is 9.01. The van der Waals surface area contributed by atoms with Gasteiger partial charge < -0.3 is 19.1 Å². The number of H-pyrrole nitrogens is 1. The van der Waals surface area contributed by atoms with E-state index in [0.717, 1.165) is 52.4 Å². The number of aryl methyl sites for hydroxylation is 3. The molecule has 2 N–H and O–H groups in total. The molecule has 3 heterocycles. The van der Waals surface area contributed by atoms with E-state index in [9.17, 15) is 9.59 Å². The Hall–Kier alpha value is -3.80. The van der Waals surface area contributed by atoms with Crippen molar-refractivity contribution in [3.8, 4) is 0 Å². The fourth-order valence-electron chi connectivity index (χ4n) is 5.21. The summed E-state index contributed by atoms with van der Waals surface area (Å²) in [4.78, 5) is 29.3. The van der Waals surface area contributed by atoms with Gasteiger partial charge in [0.1, 0.15) is 11.2 Å². The van der Waals surface area contributed by atoms with Crippen molar-refractivity contribution in [2.24, 2.45) is 0 Å². The van der Waals surface area contributed by atoms with Crippen LogP contribution in [0.4, 0.5) is 0 Å². The molecule has 0 bridgehead atoms. The third-order valence-corrected chi connectivity index (χ3v) is 6.96. The van der Waals surface area contributed by atoms with E-state index in [1.54, 1.807) is 12.3 Å². The largest absolute Gasteiger partial charge is 0.464 e. The average Bonchev–Trinajstić information content (AvgIpc) is 3.36. The third-order valence-electron chi connectivity index (χ3n) is 6.96. The first-order chi connectivity index (χ1) is 16.0. The van der Waals surface area contributed by atoms with Crippen LogP contribution in [0.3, 0.4) is 0 Å². The molecular weight excluding hydrogens is 416 g/mol. The summed E-state index contributed by atoms with van der Waals surface area (Å²) < 4.78 is 11.1. The van der Waals surface area contributed by atoms with Gasteiger partial charge >= 0.3 is 5.63 Å². The van der Waals surface area contributed by atoms with Gasteiger partial charge in [0, 0.05) is 33.4 Å². The highest BCUT2D eigenvalue weighted by Crippen LogP contribution is 2.35. The van der Waals surface area contributed by atoms with Crippen LogP contribution in [-0.4, -0.2) is 10.9 Å². The van der Waals surface area contributed by atoms with Crippen molar-refractivity contribution in [2.45, 2.75) is 45.6 Å². The lowest BCUT2D eigenvalue weighted by molar-refractivity contribution is -0.121. The maximum absolute atomic E-state index is 13.1. The number of nitrogens with one attached hydrogen (secondary N) is 2. The predicted molar refractivity (Wildman–Crippen MR) is 128 cm³/mol. The molecule has 3 aromatic heterocycles. The van der Waals surface area contributed by atoms with Crippen molar-refractivity contribution < 1.29 is 13.6 Å². The van der Waals surface area contributed by atoms with Crippen LogP contribution in [0.15, 0.2) is 56.3 Å².